The van der Waals surface area contributed by atoms with Gasteiger partial charge in [-0.05, 0) is 47.1 Å². The number of carbonyl (C=O) groups is 1. The highest BCUT2D eigenvalue weighted by molar-refractivity contribution is 14.1. The quantitative estimate of drug-likeness (QED) is 0.273. The number of hydrogen-bond acceptors (Lipinski definition) is 4. The molecule has 1 rings (SSSR count). The minimum absolute atomic E-state index is 0.195. The second kappa shape index (κ2) is 8.55. The van der Waals surface area contributed by atoms with E-state index in [4.69, 9.17) is 5.11 Å². The number of aliphatic carboxylic acids is 1. The predicted octanol–water partition coefficient (Wildman–Crippen LogP) is 4.16. The van der Waals surface area contributed by atoms with Crippen LogP contribution in [-0.2, 0) is 4.79 Å². The van der Waals surface area contributed by atoms with Crippen molar-refractivity contribution in [2.45, 2.75) is 61.3 Å². The Kier molecular flexibility index (Phi) is 7.38. The van der Waals surface area contributed by atoms with Crippen molar-refractivity contribution in [2.24, 2.45) is 15.4 Å². The lowest BCUT2D eigenvalue weighted by Crippen LogP contribution is -2.15. The Morgan fingerprint density at radius 1 is 1.11 bits per heavy atom. The van der Waals surface area contributed by atoms with Crippen molar-refractivity contribution in [1.29, 1.82) is 0 Å². The molecule has 0 bridgehead atoms. The highest BCUT2D eigenvalue weighted by Gasteiger charge is 2.25. The van der Waals surface area contributed by atoms with Crippen LogP contribution < -0.4 is 0 Å². The highest BCUT2D eigenvalue weighted by atomic mass is 127. The molecule has 0 spiro atoms. The minimum Gasteiger partial charge on any atom is -0.481 e. The van der Waals surface area contributed by atoms with Crippen LogP contribution >= 0.6 is 22.6 Å². The summed E-state index contributed by atoms with van der Waals surface area (Å²) in [7, 11) is 0. The molecule has 0 saturated carbocycles. The van der Waals surface area contributed by atoms with Gasteiger partial charge in [0, 0.05) is 6.42 Å². The minimum atomic E-state index is -0.685. The number of carboxylic acid groups (broad SMARTS) is 1. The Labute approximate surface area is 121 Å². The maximum atomic E-state index is 10.3. The Morgan fingerprint density at radius 2 is 1.72 bits per heavy atom. The average molecular weight is 365 g/mol. The fourth-order valence-electron chi connectivity index (χ4n) is 1.89. The molecule has 0 aromatic heterocycles. The third-order valence-corrected chi connectivity index (χ3v) is 3.97. The Balaban J connectivity index is 1.86. The average Bonchev–Trinajstić information content (AvgIpc) is 2.74. The summed E-state index contributed by atoms with van der Waals surface area (Å²) in [6, 6.07) is 0. The van der Waals surface area contributed by atoms with Crippen LogP contribution in [0.25, 0.3) is 0 Å². The van der Waals surface area contributed by atoms with Gasteiger partial charge in [-0.15, -0.1) is 10.2 Å². The first-order chi connectivity index (χ1) is 8.62. The zero-order valence-electron chi connectivity index (χ0n) is 10.5. The van der Waals surface area contributed by atoms with Gasteiger partial charge in [0.2, 0.25) is 0 Å². The zero-order valence-corrected chi connectivity index (χ0v) is 12.7. The summed E-state index contributed by atoms with van der Waals surface area (Å²) < 4.78 is -0.195. The summed E-state index contributed by atoms with van der Waals surface area (Å²) in [6.07, 6.45) is 10.9. The molecule has 5 nitrogen and oxygen atoms in total. The second-order valence-electron chi connectivity index (χ2n) is 4.62. The number of carboxylic acids is 1. The van der Waals surface area contributed by atoms with E-state index in [0.29, 0.717) is 6.42 Å². The monoisotopic (exact) mass is 365 g/mol. The lowest BCUT2D eigenvalue weighted by molar-refractivity contribution is -0.137. The summed E-state index contributed by atoms with van der Waals surface area (Å²) in [4.78, 5) is 10.3. The van der Waals surface area contributed by atoms with Crippen LogP contribution in [0.3, 0.4) is 0 Å². The molecule has 0 aromatic carbocycles. The second-order valence-corrected chi connectivity index (χ2v) is 6.49. The first-order valence-electron chi connectivity index (χ1n) is 6.49. The Hall–Kier alpha value is -0.530. The van der Waals surface area contributed by atoms with Crippen LogP contribution in [0.5, 0.6) is 0 Å². The molecule has 102 valence electrons. The van der Waals surface area contributed by atoms with Gasteiger partial charge in [-0.2, -0.15) is 0 Å². The van der Waals surface area contributed by atoms with Crippen LogP contribution in [-0.4, -0.2) is 20.8 Å². The Bertz CT molecular complexity index is 306. The van der Waals surface area contributed by atoms with Gasteiger partial charge in [0.25, 0.3) is 0 Å². The third-order valence-electron chi connectivity index (χ3n) is 2.94. The number of halogens is 1. The molecular weight excluding hydrogens is 345 g/mol. The van der Waals surface area contributed by atoms with Crippen molar-refractivity contribution >= 4 is 34.8 Å². The molecule has 0 fully saturated rings. The largest absolute Gasteiger partial charge is 0.481 e. The molecule has 0 saturated heterocycles. The van der Waals surface area contributed by atoms with Crippen LogP contribution in [0, 0.1) is 0 Å². The van der Waals surface area contributed by atoms with E-state index >= 15 is 0 Å². The van der Waals surface area contributed by atoms with Gasteiger partial charge in [-0.1, -0.05) is 32.1 Å². The van der Waals surface area contributed by atoms with Gasteiger partial charge in [-0.25, -0.2) is 0 Å². The number of nitrogens with zero attached hydrogens (tertiary/aromatic N) is 3. The number of rotatable bonds is 10. The van der Waals surface area contributed by atoms with E-state index < -0.39 is 5.97 Å². The predicted molar refractivity (Wildman–Crippen MR) is 79.3 cm³/mol. The van der Waals surface area contributed by atoms with Gasteiger partial charge in [0.15, 0.2) is 3.55 Å². The fourth-order valence-corrected chi connectivity index (χ4v) is 2.49. The van der Waals surface area contributed by atoms with E-state index in [2.05, 4.69) is 38.0 Å². The topological polar surface area (TPSA) is 74.4 Å². The number of unbranched alkanes of at least 4 members (excludes halogenated alkanes) is 6. The normalized spacial score (nSPS) is 21.6. The standard InChI is InChI=1S/C12H20IN3O2/c13-12(10-14-16-15-12)9-7-5-3-1-2-4-6-8-11(17)18/h10H,1-9H2,(H,17,18). The number of alkyl halides is 1. The van der Waals surface area contributed by atoms with E-state index in [1.807, 2.05) is 0 Å². The Morgan fingerprint density at radius 3 is 2.28 bits per heavy atom. The van der Waals surface area contributed by atoms with Crippen LogP contribution in [0.2, 0.25) is 0 Å². The summed E-state index contributed by atoms with van der Waals surface area (Å²) in [5.41, 5.74) is 0. The molecule has 1 atom stereocenters. The molecule has 0 radical (unpaired) electrons. The van der Waals surface area contributed by atoms with Gasteiger partial charge in [0.05, 0.1) is 6.21 Å². The molecule has 0 amide bonds. The van der Waals surface area contributed by atoms with Gasteiger partial charge in [0.1, 0.15) is 0 Å². The first kappa shape index (κ1) is 15.5. The lowest BCUT2D eigenvalue weighted by atomic mass is 10.1. The molecule has 1 unspecified atom stereocenters. The molecule has 18 heavy (non-hydrogen) atoms. The molecule has 1 heterocycles. The van der Waals surface area contributed by atoms with Crippen molar-refractivity contribution < 1.29 is 9.90 Å². The fraction of sp³-hybridized carbons (Fsp3) is 0.833. The van der Waals surface area contributed by atoms with E-state index in [0.717, 1.165) is 32.1 Å². The van der Waals surface area contributed by atoms with Crippen molar-refractivity contribution in [2.75, 3.05) is 0 Å². The summed E-state index contributed by atoms with van der Waals surface area (Å²) in [5, 5.41) is 20.0. The maximum absolute atomic E-state index is 10.3. The van der Waals surface area contributed by atoms with E-state index in [-0.39, 0.29) is 3.55 Å². The maximum Gasteiger partial charge on any atom is 0.303 e. The molecule has 0 aliphatic carbocycles. The molecule has 1 aliphatic heterocycles. The van der Waals surface area contributed by atoms with Crippen molar-refractivity contribution in [1.82, 2.24) is 0 Å². The van der Waals surface area contributed by atoms with Crippen LogP contribution in [0.15, 0.2) is 15.4 Å². The van der Waals surface area contributed by atoms with Gasteiger partial charge in [-0.3, -0.25) is 4.79 Å². The summed E-state index contributed by atoms with van der Waals surface area (Å²) in [5.74, 6) is -0.685. The van der Waals surface area contributed by atoms with Crippen molar-refractivity contribution in [3.63, 3.8) is 0 Å². The summed E-state index contributed by atoms with van der Waals surface area (Å²) >= 11 is 2.29. The highest BCUT2D eigenvalue weighted by Crippen LogP contribution is 2.29. The third kappa shape index (κ3) is 7.03. The van der Waals surface area contributed by atoms with Gasteiger partial charge >= 0.3 is 5.97 Å². The number of hydrogen-bond donors (Lipinski definition) is 1. The van der Waals surface area contributed by atoms with E-state index in [9.17, 15) is 4.79 Å². The summed E-state index contributed by atoms with van der Waals surface area (Å²) in [6.45, 7) is 0. The van der Waals surface area contributed by atoms with Crippen LogP contribution in [0.4, 0.5) is 0 Å². The molecule has 1 N–H and O–H groups in total. The lowest BCUT2D eigenvalue weighted by Gasteiger charge is -2.11. The van der Waals surface area contributed by atoms with E-state index in [1.165, 1.54) is 19.3 Å². The molecule has 1 aliphatic rings. The van der Waals surface area contributed by atoms with Crippen molar-refractivity contribution in [3.05, 3.63) is 0 Å². The smallest absolute Gasteiger partial charge is 0.303 e. The SMILES string of the molecule is O=C(O)CCCCCCCCCC1(I)C=NN=N1. The first-order valence-corrected chi connectivity index (χ1v) is 7.57. The van der Waals surface area contributed by atoms with Gasteiger partial charge < -0.3 is 5.11 Å². The van der Waals surface area contributed by atoms with E-state index in [1.54, 1.807) is 6.21 Å². The van der Waals surface area contributed by atoms with Crippen LogP contribution in [0.1, 0.15) is 57.8 Å². The molecule has 0 aromatic rings. The zero-order chi connectivity index (χ0) is 13.3. The van der Waals surface area contributed by atoms with Crippen molar-refractivity contribution in [3.8, 4) is 0 Å². The molecule has 6 heteroatoms. The molecular formula is C12H20IN3O2.